The number of anilines is 1. The third kappa shape index (κ3) is 8.71. The molecule has 3 rings (SSSR count). The molecule has 4 N–H and O–H groups in total. The molecule has 0 spiro atoms. The minimum Gasteiger partial charge on any atom is -0.353 e. The lowest BCUT2D eigenvalue weighted by Crippen LogP contribution is -2.52. The van der Waals surface area contributed by atoms with Crippen LogP contribution in [0.25, 0.3) is 0 Å². The quantitative estimate of drug-likeness (QED) is 0.336. The van der Waals surface area contributed by atoms with Crippen LogP contribution in [0.1, 0.15) is 49.7 Å². The summed E-state index contributed by atoms with van der Waals surface area (Å²) in [6, 6.07) is 14.4. The fourth-order valence-electron chi connectivity index (χ4n) is 4.79. The summed E-state index contributed by atoms with van der Waals surface area (Å²) in [6.45, 7) is 0. The van der Waals surface area contributed by atoms with Gasteiger partial charge in [0, 0.05) is 35.1 Å². The standard InChI is InChI=1S/C26H35ClN3O5P/c1-30(2)26(17-20-4-3-5-21(27)16-20)14-12-23(13-15-26)29-25(32)11-10-24(31)28-22-8-6-19(7-9-22)18-36(33,34)35/h3-9,16,23H,10-15,17-18H2,1-2H3,(H,28,31)(H,29,32)(H2,33,34,35). The Labute approximate surface area is 217 Å². The number of amides is 2. The summed E-state index contributed by atoms with van der Waals surface area (Å²) in [6.07, 6.45) is 4.36. The number of benzene rings is 2. The van der Waals surface area contributed by atoms with Crippen molar-refractivity contribution in [3.8, 4) is 0 Å². The largest absolute Gasteiger partial charge is 0.353 e. The molecule has 0 radical (unpaired) electrons. The Bertz CT molecular complexity index is 1100. The maximum atomic E-state index is 12.5. The van der Waals surface area contributed by atoms with E-state index >= 15 is 0 Å². The van der Waals surface area contributed by atoms with Gasteiger partial charge in [0.05, 0.1) is 6.16 Å². The normalized spacial score (nSPS) is 20.2. The van der Waals surface area contributed by atoms with Crippen LogP contribution in [0.5, 0.6) is 0 Å². The molecule has 1 aliphatic carbocycles. The van der Waals surface area contributed by atoms with E-state index in [1.807, 2.05) is 18.2 Å². The number of rotatable bonds is 10. The Morgan fingerprint density at radius 2 is 1.67 bits per heavy atom. The van der Waals surface area contributed by atoms with Crippen LogP contribution in [-0.2, 0) is 26.7 Å². The Morgan fingerprint density at radius 1 is 1.03 bits per heavy atom. The van der Waals surface area contributed by atoms with E-state index in [4.69, 9.17) is 21.4 Å². The lowest BCUT2D eigenvalue weighted by Gasteiger charge is -2.45. The van der Waals surface area contributed by atoms with Gasteiger partial charge in [-0.15, -0.1) is 0 Å². The van der Waals surface area contributed by atoms with Gasteiger partial charge in [0.1, 0.15) is 0 Å². The molecule has 0 heterocycles. The molecule has 0 bridgehead atoms. The van der Waals surface area contributed by atoms with Crippen LogP contribution >= 0.6 is 19.2 Å². The summed E-state index contributed by atoms with van der Waals surface area (Å²) in [5.74, 6) is -0.427. The van der Waals surface area contributed by atoms with Crippen LogP contribution in [0.4, 0.5) is 5.69 Å². The van der Waals surface area contributed by atoms with Crippen LogP contribution in [0.15, 0.2) is 48.5 Å². The molecule has 1 fully saturated rings. The third-order valence-electron chi connectivity index (χ3n) is 6.86. The fraction of sp³-hybridized carbons (Fsp3) is 0.462. The van der Waals surface area contributed by atoms with Gasteiger partial charge in [0.25, 0.3) is 0 Å². The first kappa shape index (κ1) is 28.4. The van der Waals surface area contributed by atoms with Crippen LogP contribution < -0.4 is 10.6 Å². The molecular weight excluding hydrogens is 501 g/mol. The molecular formula is C26H35ClN3O5P. The summed E-state index contributed by atoms with van der Waals surface area (Å²) < 4.78 is 11.1. The van der Waals surface area contributed by atoms with Crippen molar-refractivity contribution in [3.05, 3.63) is 64.7 Å². The molecule has 2 amide bonds. The van der Waals surface area contributed by atoms with Crippen molar-refractivity contribution >= 4 is 36.7 Å². The predicted molar refractivity (Wildman–Crippen MR) is 142 cm³/mol. The fourth-order valence-corrected chi connectivity index (χ4v) is 5.69. The zero-order valence-electron chi connectivity index (χ0n) is 20.7. The second-order valence-corrected chi connectivity index (χ2v) is 11.9. The highest BCUT2D eigenvalue weighted by atomic mass is 35.5. The van der Waals surface area contributed by atoms with Crippen molar-refractivity contribution in [2.45, 2.75) is 62.7 Å². The van der Waals surface area contributed by atoms with Crippen LogP contribution in [0.2, 0.25) is 5.02 Å². The first-order valence-electron chi connectivity index (χ1n) is 12.1. The van der Waals surface area contributed by atoms with Crippen LogP contribution in [-0.4, -0.2) is 52.2 Å². The molecule has 0 atom stereocenters. The number of likely N-dealkylation sites (N-methyl/N-ethyl adjacent to an activating group) is 1. The Morgan fingerprint density at radius 3 is 2.25 bits per heavy atom. The Balaban J connectivity index is 1.43. The molecule has 1 aliphatic rings. The highest BCUT2D eigenvalue weighted by Crippen LogP contribution is 2.39. The number of hydrogen-bond acceptors (Lipinski definition) is 4. The summed E-state index contributed by atoms with van der Waals surface area (Å²) in [5, 5.41) is 6.54. The van der Waals surface area contributed by atoms with Gasteiger partial charge in [-0.3, -0.25) is 14.2 Å². The molecule has 8 nitrogen and oxygen atoms in total. The molecule has 0 unspecified atom stereocenters. The van der Waals surface area contributed by atoms with E-state index < -0.39 is 7.60 Å². The zero-order chi connectivity index (χ0) is 26.3. The van der Waals surface area contributed by atoms with Gasteiger partial charge >= 0.3 is 7.60 Å². The first-order valence-corrected chi connectivity index (χ1v) is 14.3. The number of carbonyl (C=O) groups is 2. The molecule has 0 saturated heterocycles. The SMILES string of the molecule is CN(C)C1(Cc2cccc(Cl)c2)CCC(NC(=O)CCC(=O)Nc2ccc(CP(=O)(O)O)cc2)CC1. The second-order valence-electron chi connectivity index (χ2n) is 9.84. The Kier molecular flexibility index (Phi) is 9.72. The van der Waals surface area contributed by atoms with Gasteiger partial charge < -0.3 is 25.3 Å². The van der Waals surface area contributed by atoms with Gasteiger partial charge in [-0.2, -0.15) is 0 Å². The smallest absolute Gasteiger partial charge is 0.329 e. The minimum absolute atomic E-state index is 0.0205. The van der Waals surface area contributed by atoms with Crippen molar-refractivity contribution in [1.29, 1.82) is 0 Å². The average molecular weight is 536 g/mol. The molecule has 2 aromatic rings. The molecule has 196 valence electrons. The predicted octanol–water partition coefficient (Wildman–Crippen LogP) is 4.34. The van der Waals surface area contributed by atoms with E-state index in [1.165, 1.54) is 5.56 Å². The van der Waals surface area contributed by atoms with E-state index in [2.05, 4.69) is 35.7 Å². The number of halogens is 1. The van der Waals surface area contributed by atoms with Crippen LogP contribution in [0.3, 0.4) is 0 Å². The number of hydrogen-bond donors (Lipinski definition) is 4. The first-order chi connectivity index (χ1) is 16.9. The second kappa shape index (κ2) is 12.3. The van der Waals surface area contributed by atoms with E-state index in [-0.39, 0.29) is 42.4 Å². The van der Waals surface area contributed by atoms with Crippen LogP contribution in [0, 0.1) is 0 Å². The van der Waals surface area contributed by atoms with Gasteiger partial charge in [0.15, 0.2) is 0 Å². The molecule has 2 aromatic carbocycles. The third-order valence-corrected chi connectivity index (χ3v) is 7.87. The number of nitrogens with zero attached hydrogens (tertiary/aromatic N) is 1. The lowest BCUT2D eigenvalue weighted by molar-refractivity contribution is -0.125. The number of nitrogens with one attached hydrogen (secondary N) is 2. The van der Waals surface area contributed by atoms with Gasteiger partial charge in [0.2, 0.25) is 11.8 Å². The highest BCUT2D eigenvalue weighted by Gasteiger charge is 2.37. The van der Waals surface area contributed by atoms with Crippen molar-refractivity contribution in [2.75, 3.05) is 19.4 Å². The number of carbonyl (C=O) groups excluding carboxylic acids is 2. The topological polar surface area (TPSA) is 119 Å². The van der Waals surface area contributed by atoms with Crippen molar-refractivity contribution < 1.29 is 23.9 Å². The summed E-state index contributed by atoms with van der Waals surface area (Å²) in [7, 11) is 0.0720. The zero-order valence-corrected chi connectivity index (χ0v) is 22.4. The van der Waals surface area contributed by atoms with Gasteiger partial charge in [-0.05, 0) is 81.6 Å². The Hall–Kier alpha value is -2.22. The van der Waals surface area contributed by atoms with Crippen molar-refractivity contribution in [2.24, 2.45) is 0 Å². The average Bonchev–Trinajstić information content (AvgIpc) is 2.79. The maximum Gasteiger partial charge on any atom is 0.329 e. The summed E-state index contributed by atoms with van der Waals surface area (Å²) >= 11 is 6.18. The summed E-state index contributed by atoms with van der Waals surface area (Å²) in [5.41, 5.74) is 2.23. The van der Waals surface area contributed by atoms with Crippen molar-refractivity contribution in [3.63, 3.8) is 0 Å². The molecule has 0 aliphatic heterocycles. The van der Waals surface area contributed by atoms with Gasteiger partial charge in [-0.25, -0.2) is 0 Å². The van der Waals surface area contributed by atoms with E-state index in [0.29, 0.717) is 11.3 Å². The van der Waals surface area contributed by atoms with Gasteiger partial charge in [-0.1, -0.05) is 35.9 Å². The highest BCUT2D eigenvalue weighted by molar-refractivity contribution is 7.50. The maximum absolute atomic E-state index is 12.5. The molecule has 36 heavy (non-hydrogen) atoms. The van der Waals surface area contributed by atoms with Crippen molar-refractivity contribution in [1.82, 2.24) is 10.2 Å². The molecule has 10 heteroatoms. The molecule has 1 saturated carbocycles. The lowest BCUT2D eigenvalue weighted by atomic mass is 9.75. The summed E-state index contributed by atoms with van der Waals surface area (Å²) in [4.78, 5) is 45.1. The van der Waals surface area contributed by atoms with E-state index in [9.17, 15) is 14.2 Å². The van der Waals surface area contributed by atoms with E-state index in [0.717, 1.165) is 37.1 Å². The monoisotopic (exact) mass is 535 g/mol. The molecule has 0 aromatic heterocycles. The van der Waals surface area contributed by atoms with E-state index in [1.54, 1.807) is 24.3 Å². The minimum atomic E-state index is -4.14.